The Morgan fingerprint density at radius 1 is 0.966 bits per heavy atom. The predicted octanol–water partition coefficient (Wildman–Crippen LogP) is 1.93. The van der Waals surface area contributed by atoms with Gasteiger partial charge in [-0.1, -0.05) is 24.3 Å². The van der Waals surface area contributed by atoms with Crippen LogP contribution in [0.4, 0.5) is 5.69 Å². The zero-order chi connectivity index (χ0) is 20.2. The lowest BCUT2D eigenvalue weighted by molar-refractivity contribution is -0.117. The van der Waals surface area contributed by atoms with Crippen molar-refractivity contribution in [2.75, 3.05) is 31.1 Å². The van der Waals surface area contributed by atoms with Crippen LogP contribution in [0.15, 0.2) is 48.5 Å². The average molecular weight is 393 g/mol. The van der Waals surface area contributed by atoms with Crippen molar-refractivity contribution in [2.24, 2.45) is 5.73 Å². The van der Waals surface area contributed by atoms with Crippen LogP contribution in [0.5, 0.6) is 0 Å². The number of fused-ring (bicyclic) bond motifs is 1. The number of carbonyl (C=O) groups excluding carboxylic acids is 2. The first-order chi connectivity index (χ1) is 14.1. The predicted molar refractivity (Wildman–Crippen MR) is 114 cm³/mol. The molecule has 29 heavy (non-hydrogen) atoms. The average Bonchev–Trinajstić information content (AvgIpc) is 2.77. The normalized spacial score (nSPS) is 17.1. The summed E-state index contributed by atoms with van der Waals surface area (Å²) in [6.07, 6.45) is 2.86. The van der Waals surface area contributed by atoms with Gasteiger partial charge in [0.05, 0.1) is 6.54 Å². The first-order valence-corrected chi connectivity index (χ1v) is 10.3. The van der Waals surface area contributed by atoms with Gasteiger partial charge in [0.25, 0.3) is 5.91 Å². The van der Waals surface area contributed by atoms with Crippen molar-refractivity contribution in [1.82, 2.24) is 10.2 Å². The van der Waals surface area contributed by atoms with Crippen molar-refractivity contribution in [3.05, 3.63) is 65.2 Å². The van der Waals surface area contributed by atoms with Crippen molar-refractivity contribution in [3.8, 4) is 0 Å². The van der Waals surface area contributed by atoms with Crippen LogP contribution in [0, 0.1) is 0 Å². The maximum atomic E-state index is 12.9. The molecule has 0 atom stereocenters. The third-order valence-corrected chi connectivity index (χ3v) is 5.96. The summed E-state index contributed by atoms with van der Waals surface area (Å²) in [5.74, 6) is -0.217. The second-order valence-corrected chi connectivity index (χ2v) is 7.90. The van der Waals surface area contributed by atoms with Crippen LogP contribution >= 0.6 is 0 Å². The number of nitrogens with one attached hydrogen (secondary N) is 1. The number of piperidine rings is 1. The number of nitrogens with two attached hydrogens (primary N) is 1. The molecule has 6 heteroatoms. The molecule has 0 saturated carbocycles. The Bertz CT molecular complexity index is 873. The van der Waals surface area contributed by atoms with Crippen molar-refractivity contribution in [2.45, 2.75) is 31.8 Å². The Kier molecular flexibility index (Phi) is 5.81. The standard InChI is InChI=1S/C23H28N4O2/c24-22(28)15-25-20-10-13-26(14-11-20)21-7-5-18(6-8-21)23(29)27-12-9-17-3-1-2-4-19(17)16-27/h1-8,20,25H,9-16H2,(H2,24,28). The SMILES string of the molecule is NC(=O)CNC1CCN(c2ccc(C(=O)N3CCc4ccccc4C3)cc2)CC1. The largest absolute Gasteiger partial charge is 0.371 e. The van der Waals surface area contributed by atoms with E-state index in [9.17, 15) is 9.59 Å². The molecular formula is C23H28N4O2. The van der Waals surface area contributed by atoms with Crippen molar-refractivity contribution in [3.63, 3.8) is 0 Å². The van der Waals surface area contributed by atoms with E-state index in [2.05, 4.69) is 28.4 Å². The Morgan fingerprint density at radius 3 is 2.34 bits per heavy atom. The molecule has 1 fully saturated rings. The molecule has 6 nitrogen and oxygen atoms in total. The van der Waals surface area contributed by atoms with Gasteiger partial charge in [-0.2, -0.15) is 0 Å². The quantitative estimate of drug-likeness (QED) is 0.815. The highest BCUT2D eigenvalue weighted by atomic mass is 16.2. The van der Waals surface area contributed by atoms with E-state index >= 15 is 0 Å². The molecule has 1 saturated heterocycles. The summed E-state index contributed by atoms with van der Waals surface area (Å²) in [6, 6.07) is 16.7. The van der Waals surface area contributed by atoms with E-state index < -0.39 is 0 Å². The fourth-order valence-electron chi connectivity index (χ4n) is 4.25. The Hall–Kier alpha value is -2.86. The molecule has 0 aromatic heterocycles. The number of anilines is 1. The Balaban J connectivity index is 1.34. The van der Waals surface area contributed by atoms with Crippen molar-refractivity contribution >= 4 is 17.5 Å². The van der Waals surface area contributed by atoms with E-state index in [1.165, 1.54) is 11.1 Å². The minimum Gasteiger partial charge on any atom is -0.371 e. The smallest absolute Gasteiger partial charge is 0.254 e. The molecule has 0 aliphatic carbocycles. The van der Waals surface area contributed by atoms with Crippen molar-refractivity contribution < 1.29 is 9.59 Å². The maximum absolute atomic E-state index is 12.9. The van der Waals surface area contributed by atoms with Gasteiger partial charge in [-0.05, 0) is 54.7 Å². The van der Waals surface area contributed by atoms with Crippen LogP contribution in [-0.2, 0) is 17.8 Å². The van der Waals surface area contributed by atoms with Gasteiger partial charge < -0.3 is 20.9 Å². The van der Waals surface area contributed by atoms with Crippen LogP contribution in [0.1, 0.15) is 34.3 Å². The first kappa shape index (κ1) is 19.5. The van der Waals surface area contributed by atoms with E-state index in [4.69, 9.17) is 5.73 Å². The number of rotatable bonds is 5. The fourth-order valence-corrected chi connectivity index (χ4v) is 4.25. The number of hydrogen-bond acceptors (Lipinski definition) is 4. The summed E-state index contributed by atoms with van der Waals surface area (Å²) in [7, 11) is 0. The van der Waals surface area contributed by atoms with Gasteiger partial charge in [0.1, 0.15) is 0 Å². The number of hydrogen-bond donors (Lipinski definition) is 2. The van der Waals surface area contributed by atoms with Gasteiger partial charge in [-0.25, -0.2) is 0 Å². The van der Waals surface area contributed by atoms with Gasteiger partial charge >= 0.3 is 0 Å². The van der Waals surface area contributed by atoms with Gasteiger partial charge in [0, 0.05) is 43.5 Å². The molecule has 2 aromatic carbocycles. The highest BCUT2D eigenvalue weighted by molar-refractivity contribution is 5.94. The molecule has 0 unspecified atom stereocenters. The summed E-state index contributed by atoms with van der Waals surface area (Å²) in [4.78, 5) is 28.1. The maximum Gasteiger partial charge on any atom is 0.254 e. The zero-order valence-electron chi connectivity index (χ0n) is 16.6. The van der Waals surface area contributed by atoms with E-state index in [1.807, 2.05) is 35.2 Å². The second-order valence-electron chi connectivity index (χ2n) is 7.90. The first-order valence-electron chi connectivity index (χ1n) is 10.3. The Morgan fingerprint density at radius 2 is 1.66 bits per heavy atom. The van der Waals surface area contributed by atoms with E-state index in [1.54, 1.807) is 0 Å². The third kappa shape index (κ3) is 4.59. The van der Waals surface area contributed by atoms with Crippen LogP contribution in [0.3, 0.4) is 0 Å². The topological polar surface area (TPSA) is 78.7 Å². The lowest BCUT2D eigenvalue weighted by Crippen LogP contribution is -2.45. The molecule has 152 valence electrons. The minimum atomic E-state index is -0.315. The van der Waals surface area contributed by atoms with Crippen LogP contribution in [0.2, 0.25) is 0 Å². The summed E-state index contributed by atoms with van der Waals surface area (Å²) < 4.78 is 0. The third-order valence-electron chi connectivity index (χ3n) is 5.96. The molecule has 0 radical (unpaired) electrons. The number of carbonyl (C=O) groups is 2. The number of nitrogens with zero attached hydrogens (tertiary/aromatic N) is 2. The van der Waals surface area contributed by atoms with E-state index in [0.29, 0.717) is 12.6 Å². The molecule has 0 spiro atoms. The van der Waals surface area contributed by atoms with Gasteiger partial charge in [-0.15, -0.1) is 0 Å². The van der Waals surface area contributed by atoms with Gasteiger partial charge in [0.2, 0.25) is 5.91 Å². The summed E-state index contributed by atoms with van der Waals surface area (Å²) in [5, 5.41) is 3.21. The molecule has 0 bridgehead atoms. The highest BCUT2D eigenvalue weighted by Gasteiger charge is 2.23. The summed E-state index contributed by atoms with van der Waals surface area (Å²) >= 11 is 0. The molecular weight excluding hydrogens is 364 g/mol. The number of benzene rings is 2. The molecule has 2 aromatic rings. The van der Waals surface area contributed by atoms with Gasteiger partial charge in [0.15, 0.2) is 0 Å². The summed E-state index contributed by atoms with van der Waals surface area (Å²) in [6.45, 7) is 3.54. The van der Waals surface area contributed by atoms with Crippen LogP contribution in [-0.4, -0.2) is 48.9 Å². The van der Waals surface area contributed by atoms with Gasteiger partial charge in [-0.3, -0.25) is 9.59 Å². The molecule has 3 N–H and O–H groups in total. The molecule has 2 heterocycles. The zero-order valence-corrected chi connectivity index (χ0v) is 16.6. The number of amides is 2. The van der Waals surface area contributed by atoms with Crippen LogP contribution in [0.25, 0.3) is 0 Å². The fraction of sp³-hybridized carbons (Fsp3) is 0.391. The second kappa shape index (κ2) is 8.66. The van der Waals surface area contributed by atoms with E-state index in [0.717, 1.165) is 50.1 Å². The minimum absolute atomic E-state index is 0.0976. The molecule has 2 amide bonds. The lowest BCUT2D eigenvalue weighted by atomic mass is 9.99. The van der Waals surface area contributed by atoms with Crippen molar-refractivity contribution in [1.29, 1.82) is 0 Å². The monoisotopic (exact) mass is 392 g/mol. The van der Waals surface area contributed by atoms with E-state index in [-0.39, 0.29) is 18.4 Å². The highest BCUT2D eigenvalue weighted by Crippen LogP contribution is 2.23. The molecule has 2 aliphatic rings. The summed E-state index contributed by atoms with van der Waals surface area (Å²) in [5.41, 5.74) is 9.68. The molecule has 4 rings (SSSR count). The Labute approximate surface area is 171 Å². The molecule has 2 aliphatic heterocycles. The number of primary amides is 1. The van der Waals surface area contributed by atoms with Crippen LogP contribution < -0.4 is 16.0 Å². The lowest BCUT2D eigenvalue weighted by Gasteiger charge is -2.34.